The Balaban J connectivity index is 1.84. The van der Waals surface area contributed by atoms with Gasteiger partial charge in [-0.2, -0.15) is 13.2 Å². The van der Waals surface area contributed by atoms with E-state index in [0.717, 1.165) is 0 Å². The Morgan fingerprint density at radius 2 is 1.74 bits per heavy atom. The molecule has 2 aromatic carbocycles. The van der Waals surface area contributed by atoms with Crippen molar-refractivity contribution in [3.05, 3.63) is 42.5 Å². The first kappa shape index (κ1) is 19.7. The van der Waals surface area contributed by atoms with Crippen LogP contribution in [0.15, 0.2) is 52.3 Å². The quantitative estimate of drug-likeness (QED) is 0.732. The number of rotatable bonds is 5. The molecule has 0 saturated heterocycles. The van der Waals surface area contributed by atoms with E-state index in [9.17, 15) is 21.6 Å². The third-order valence-electron chi connectivity index (χ3n) is 3.55. The van der Waals surface area contributed by atoms with Gasteiger partial charge in [0, 0.05) is 17.4 Å². The average Bonchev–Trinajstić information content (AvgIpc) is 2.84. The van der Waals surface area contributed by atoms with Crippen LogP contribution < -0.4 is 14.2 Å². The van der Waals surface area contributed by atoms with E-state index < -0.39 is 22.0 Å². The second-order valence-corrected chi connectivity index (χ2v) is 8.36. The van der Waals surface area contributed by atoms with Gasteiger partial charge in [0.1, 0.15) is 0 Å². The lowest BCUT2D eigenvalue weighted by atomic mass is 10.3. The molecule has 0 spiro atoms. The molecule has 27 heavy (non-hydrogen) atoms. The number of nitrogens with one attached hydrogen (secondary N) is 1. The summed E-state index contributed by atoms with van der Waals surface area (Å²) in [5.41, 5.74) is 0.0823. The number of sulfonamides is 1. The van der Waals surface area contributed by atoms with Gasteiger partial charge < -0.3 is 9.47 Å². The van der Waals surface area contributed by atoms with Crippen molar-refractivity contribution in [3.8, 4) is 11.5 Å². The molecule has 3 rings (SSSR count). The van der Waals surface area contributed by atoms with Gasteiger partial charge >= 0.3 is 6.18 Å². The molecule has 1 aliphatic rings. The van der Waals surface area contributed by atoms with Crippen LogP contribution in [-0.2, 0) is 10.0 Å². The van der Waals surface area contributed by atoms with E-state index in [2.05, 4.69) is 4.72 Å². The molecule has 1 N–H and O–H groups in total. The zero-order chi connectivity index (χ0) is 19.5. The zero-order valence-electron chi connectivity index (χ0n) is 14.0. The molecule has 0 saturated carbocycles. The fourth-order valence-corrected chi connectivity index (χ4v) is 4.28. The molecule has 2 aromatic rings. The molecule has 1 heterocycles. The van der Waals surface area contributed by atoms with Crippen LogP contribution in [0.5, 0.6) is 11.5 Å². The van der Waals surface area contributed by atoms with E-state index in [0.29, 0.717) is 42.9 Å². The largest absolute Gasteiger partial charge is 0.490 e. The van der Waals surface area contributed by atoms with Crippen molar-refractivity contribution < 1.29 is 31.1 Å². The number of fused-ring (bicyclic) bond motifs is 1. The number of thioether (sulfide) groups is 1. The Labute approximate surface area is 158 Å². The van der Waals surface area contributed by atoms with Crippen molar-refractivity contribution in [2.45, 2.75) is 22.4 Å². The molecule has 0 fully saturated rings. The summed E-state index contributed by atoms with van der Waals surface area (Å²) in [6.45, 7) is 0.877. The molecule has 0 aromatic heterocycles. The number of ether oxygens (including phenoxy) is 2. The predicted molar refractivity (Wildman–Crippen MR) is 96.1 cm³/mol. The summed E-state index contributed by atoms with van der Waals surface area (Å²) >= 11 is 0.519. The first-order valence-electron chi connectivity index (χ1n) is 7.96. The molecule has 146 valence electrons. The van der Waals surface area contributed by atoms with Crippen molar-refractivity contribution in [1.29, 1.82) is 0 Å². The maximum Gasteiger partial charge on any atom is 0.398 e. The van der Waals surface area contributed by atoms with Crippen LogP contribution in [0.1, 0.15) is 6.42 Å². The Kier molecular flexibility index (Phi) is 5.75. The summed E-state index contributed by atoms with van der Waals surface area (Å²) in [5.74, 6) is -0.349. The number of para-hydroxylation sites is 1. The summed E-state index contributed by atoms with van der Waals surface area (Å²) in [7, 11) is -4.02. The van der Waals surface area contributed by atoms with Gasteiger partial charge in [-0.15, -0.1) is 11.8 Å². The third-order valence-corrected chi connectivity index (χ3v) is 6.05. The summed E-state index contributed by atoms with van der Waals surface area (Å²) in [6, 6.07) is 10.1. The number of benzene rings is 2. The Bertz CT molecular complexity index is 917. The Hall–Kier alpha value is -2.07. The Morgan fingerprint density at radius 1 is 1.04 bits per heavy atom. The normalized spacial score (nSPS) is 14.5. The second-order valence-electron chi connectivity index (χ2n) is 5.66. The summed E-state index contributed by atoms with van der Waals surface area (Å²) in [6.07, 6.45) is -3.68. The molecular weight excluding hydrogens is 403 g/mol. The smallest absolute Gasteiger partial charge is 0.398 e. The van der Waals surface area contributed by atoms with Crippen LogP contribution in [0.2, 0.25) is 0 Å². The zero-order valence-corrected chi connectivity index (χ0v) is 15.6. The van der Waals surface area contributed by atoms with Gasteiger partial charge in [0.15, 0.2) is 11.5 Å². The predicted octanol–water partition coefficient (Wildman–Crippen LogP) is 4.30. The van der Waals surface area contributed by atoms with E-state index in [4.69, 9.17) is 9.47 Å². The lowest BCUT2D eigenvalue weighted by Gasteiger charge is -2.14. The maximum absolute atomic E-state index is 12.7. The van der Waals surface area contributed by atoms with E-state index in [1.54, 1.807) is 12.1 Å². The molecule has 0 aliphatic carbocycles. The van der Waals surface area contributed by atoms with Crippen LogP contribution in [0.3, 0.4) is 0 Å². The minimum absolute atomic E-state index is 0.0672. The molecule has 0 bridgehead atoms. The van der Waals surface area contributed by atoms with E-state index in [1.807, 2.05) is 0 Å². The number of anilines is 1. The van der Waals surface area contributed by atoms with Crippen molar-refractivity contribution in [1.82, 2.24) is 0 Å². The first-order valence-corrected chi connectivity index (χ1v) is 10.4. The van der Waals surface area contributed by atoms with Crippen molar-refractivity contribution in [2.75, 3.05) is 23.7 Å². The molecule has 0 amide bonds. The highest BCUT2D eigenvalue weighted by molar-refractivity contribution is 7.99. The number of hydrogen-bond acceptors (Lipinski definition) is 5. The van der Waals surface area contributed by atoms with E-state index in [1.165, 1.54) is 30.3 Å². The van der Waals surface area contributed by atoms with Gasteiger partial charge in [-0.05, 0) is 24.3 Å². The first-order chi connectivity index (χ1) is 12.7. The molecule has 0 unspecified atom stereocenters. The van der Waals surface area contributed by atoms with Gasteiger partial charge in [-0.1, -0.05) is 12.1 Å². The minimum atomic E-state index is -4.36. The highest BCUT2D eigenvalue weighted by Crippen LogP contribution is 2.35. The topological polar surface area (TPSA) is 64.6 Å². The SMILES string of the molecule is O=S(=O)(Nc1ccccc1SCC(F)(F)F)c1ccc2c(c1)OCCCO2. The highest BCUT2D eigenvalue weighted by atomic mass is 32.2. The molecule has 1 aliphatic heterocycles. The van der Waals surface area contributed by atoms with Gasteiger partial charge in [0.25, 0.3) is 10.0 Å². The average molecular weight is 419 g/mol. The monoisotopic (exact) mass is 419 g/mol. The summed E-state index contributed by atoms with van der Waals surface area (Å²) in [5, 5.41) is 0. The van der Waals surface area contributed by atoms with Gasteiger partial charge in [-0.3, -0.25) is 4.72 Å². The summed E-state index contributed by atoms with van der Waals surface area (Å²) < 4.78 is 76.1. The molecule has 5 nitrogen and oxygen atoms in total. The lowest BCUT2D eigenvalue weighted by molar-refractivity contribution is -0.105. The fourth-order valence-electron chi connectivity index (χ4n) is 2.35. The molecular formula is C17H16F3NO4S2. The van der Waals surface area contributed by atoms with E-state index in [-0.39, 0.29) is 15.5 Å². The standard InChI is InChI=1S/C17H16F3NO4S2/c18-17(19,20)11-26-16-5-2-1-4-13(16)21-27(22,23)12-6-7-14-15(10-12)25-9-3-8-24-14/h1-2,4-7,10,21H,3,8-9,11H2. The molecule has 0 atom stereocenters. The Morgan fingerprint density at radius 3 is 2.48 bits per heavy atom. The second kappa shape index (κ2) is 7.89. The van der Waals surface area contributed by atoms with Gasteiger partial charge in [0.2, 0.25) is 0 Å². The van der Waals surface area contributed by atoms with Crippen LogP contribution in [-0.4, -0.2) is 33.6 Å². The van der Waals surface area contributed by atoms with Crippen LogP contribution in [0.4, 0.5) is 18.9 Å². The maximum atomic E-state index is 12.7. The van der Waals surface area contributed by atoms with Crippen LogP contribution in [0.25, 0.3) is 0 Å². The van der Waals surface area contributed by atoms with Crippen molar-refractivity contribution in [2.24, 2.45) is 0 Å². The van der Waals surface area contributed by atoms with Crippen molar-refractivity contribution in [3.63, 3.8) is 0 Å². The third kappa shape index (κ3) is 5.23. The van der Waals surface area contributed by atoms with Gasteiger partial charge in [0.05, 0.1) is 29.5 Å². The van der Waals surface area contributed by atoms with Gasteiger partial charge in [-0.25, -0.2) is 8.42 Å². The fraction of sp³-hybridized carbons (Fsp3) is 0.294. The number of hydrogen-bond donors (Lipinski definition) is 1. The molecule has 0 radical (unpaired) electrons. The number of halogens is 3. The van der Waals surface area contributed by atoms with Crippen molar-refractivity contribution >= 4 is 27.5 Å². The van der Waals surface area contributed by atoms with E-state index >= 15 is 0 Å². The number of alkyl halides is 3. The lowest BCUT2D eigenvalue weighted by Crippen LogP contribution is -2.15. The molecule has 10 heteroatoms. The van der Waals surface area contributed by atoms with Crippen LogP contribution >= 0.6 is 11.8 Å². The highest BCUT2D eigenvalue weighted by Gasteiger charge is 2.28. The van der Waals surface area contributed by atoms with Crippen LogP contribution in [0, 0.1) is 0 Å². The minimum Gasteiger partial charge on any atom is -0.490 e. The summed E-state index contributed by atoms with van der Waals surface area (Å²) in [4.78, 5) is 0.120.